The van der Waals surface area contributed by atoms with E-state index in [1.165, 1.54) is 0 Å². The maximum Gasteiger partial charge on any atom is 0.230 e. The average molecular weight is 358 g/mol. The van der Waals surface area contributed by atoms with Crippen LogP contribution in [-0.4, -0.2) is 19.1 Å². The molecule has 2 aromatic carbocycles. The third-order valence-corrected chi connectivity index (χ3v) is 5.36. The Bertz CT molecular complexity index is 787. The van der Waals surface area contributed by atoms with Gasteiger partial charge in [-0.3, -0.25) is 4.79 Å². The molecule has 2 aliphatic rings. The van der Waals surface area contributed by atoms with Crippen molar-refractivity contribution < 1.29 is 14.3 Å². The van der Waals surface area contributed by atoms with Crippen LogP contribution in [0.4, 0.5) is 0 Å². The Balaban J connectivity index is 1.50. The number of halogens is 1. The maximum atomic E-state index is 12.9. The van der Waals surface area contributed by atoms with Gasteiger partial charge in [0.2, 0.25) is 5.91 Å². The first-order valence-electron chi connectivity index (χ1n) is 8.61. The largest absolute Gasteiger partial charge is 0.486 e. The van der Waals surface area contributed by atoms with Gasteiger partial charge in [0, 0.05) is 6.54 Å². The van der Waals surface area contributed by atoms with Crippen LogP contribution in [0.15, 0.2) is 42.5 Å². The van der Waals surface area contributed by atoms with Crippen molar-refractivity contribution in [3.05, 3.63) is 58.6 Å². The molecule has 4 rings (SSSR count). The van der Waals surface area contributed by atoms with Crippen molar-refractivity contribution >= 4 is 17.5 Å². The number of carbonyl (C=O) groups excluding carboxylic acids is 1. The Labute approximate surface area is 152 Å². The van der Waals surface area contributed by atoms with Crippen LogP contribution in [0.25, 0.3) is 0 Å². The van der Waals surface area contributed by atoms with E-state index in [1.807, 2.05) is 42.5 Å². The monoisotopic (exact) mass is 357 g/mol. The summed E-state index contributed by atoms with van der Waals surface area (Å²) in [5.74, 6) is 1.31. The second kappa shape index (κ2) is 6.60. The van der Waals surface area contributed by atoms with Crippen molar-refractivity contribution in [2.24, 2.45) is 0 Å². The van der Waals surface area contributed by atoms with Gasteiger partial charge in [-0.25, -0.2) is 0 Å². The molecular weight excluding hydrogens is 338 g/mol. The van der Waals surface area contributed by atoms with Gasteiger partial charge in [0.1, 0.15) is 13.2 Å². The Morgan fingerprint density at radius 3 is 2.60 bits per heavy atom. The molecule has 0 aromatic heterocycles. The summed E-state index contributed by atoms with van der Waals surface area (Å²) in [7, 11) is 0. The average Bonchev–Trinajstić information content (AvgIpc) is 2.60. The number of rotatable bonds is 4. The molecule has 0 spiro atoms. The van der Waals surface area contributed by atoms with Gasteiger partial charge in [-0.2, -0.15) is 0 Å². The first-order chi connectivity index (χ1) is 12.2. The molecule has 0 bridgehead atoms. The highest BCUT2D eigenvalue weighted by atomic mass is 35.5. The van der Waals surface area contributed by atoms with E-state index in [-0.39, 0.29) is 5.91 Å². The lowest BCUT2D eigenvalue weighted by Crippen LogP contribution is -2.48. The molecule has 1 fully saturated rings. The third kappa shape index (κ3) is 2.95. The molecule has 130 valence electrons. The fourth-order valence-corrected chi connectivity index (χ4v) is 3.84. The first-order valence-corrected chi connectivity index (χ1v) is 8.99. The summed E-state index contributed by atoms with van der Waals surface area (Å²) in [4.78, 5) is 12.9. The molecule has 1 amide bonds. The van der Waals surface area contributed by atoms with Crippen LogP contribution >= 0.6 is 11.6 Å². The van der Waals surface area contributed by atoms with E-state index in [9.17, 15) is 4.79 Å². The van der Waals surface area contributed by atoms with E-state index in [1.54, 1.807) is 0 Å². The molecule has 4 nitrogen and oxygen atoms in total. The third-order valence-electron chi connectivity index (χ3n) is 5.08. The molecule has 0 unspecified atom stereocenters. The SMILES string of the molecule is O=C(NCc1cc(Cl)c2c(c1)OCCO2)C1(c2ccccc2)CCC1. The number of hydrogen-bond donors (Lipinski definition) is 1. The number of nitrogens with one attached hydrogen (secondary N) is 1. The Hall–Kier alpha value is -2.20. The maximum absolute atomic E-state index is 12.9. The molecule has 1 saturated carbocycles. The van der Waals surface area contributed by atoms with Gasteiger partial charge in [0.05, 0.1) is 10.4 Å². The second-order valence-electron chi connectivity index (χ2n) is 6.59. The minimum atomic E-state index is -0.390. The summed E-state index contributed by atoms with van der Waals surface area (Å²) in [6.07, 6.45) is 2.87. The molecule has 0 atom stereocenters. The van der Waals surface area contributed by atoms with Crippen molar-refractivity contribution in [2.75, 3.05) is 13.2 Å². The van der Waals surface area contributed by atoms with Crippen LogP contribution in [0.3, 0.4) is 0 Å². The quantitative estimate of drug-likeness (QED) is 0.904. The normalized spacial score (nSPS) is 17.5. The predicted molar refractivity (Wildman–Crippen MR) is 96.3 cm³/mol. The van der Waals surface area contributed by atoms with Gasteiger partial charge in [0.15, 0.2) is 11.5 Å². The highest BCUT2D eigenvalue weighted by Crippen LogP contribution is 2.44. The first kappa shape index (κ1) is 16.3. The lowest BCUT2D eigenvalue weighted by Gasteiger charge is -2.40. The standard InChI is InChI=1S/C20H20ClNO3/c21-16-11-14(12-17-18(16)25-10-9-24-17)13-22-19(23)20(7-4-8-20)15-5-2-1-3-6-15/h1-3,5-6,11-12H,4,7-10,13H2,(H,22,23). The summed E-state index contributed by atoms with van der Waals surface area (Å²) in [6, 6.07) is 13.7. The molecule has 1 aliphatic heterocycles. The summed E-state index contributed by atoms with van der Waals surface area (Å²) < 4.78 is 11.1. The summed E-state index contributed by atoms with van der Waals surface area (Å²) in [5.41, 5.74) is 1.61. The lowest BCUT2D eigenvalue weighted by molar-refractivity contribution is -0.130. The molecule has 0 saturated heterocycles. The van der Waals surface area contributed by atoms with Crippen molar-refractivity contribution in [2.45, 2.75) is 31.2 Å². The zero-order valence-electron chi connectivity index (χ0n) is 13.9. The fraction of sp³-hybridized carbons (Fsp3) is 0.350. The predicted octanol–water partition coefficient (Wildman–Crippen LogP) is 3.85. The molecule has 5 heteroatoms. The Morgan fingerprint density at radius 1 is 1.12 bits per heavy atom. The molecule has 1 heterocycles. The highest BCUT2D eigenvalue weighted by Gasteiger charge is 2.45. The van der Waals surface area contributed by atoms with Crippen molar-refractivity contribution in [3.63, 3.8) is 0 Å². The van der Waals surface area contributed by atoms with Gasteiger partial charge in [-0.15, -0.1) is 0 Å². The van der Waals surface area contributed by atoms with Crippen LogP contribution < -0.4 is 14.8 Å². The lowest BCUT2D eigenvalue weighted by atomic mass is 9.64. The number of amides is 1. The topological polar surface area (TPSA) is 47.6 Å². The number of benzene rings is 2. The number of hydrogen-bond acceptors (Lipinski definition) is 3. The van der Waals surface area contributed by atoms with E-state index in [2.05, 4.69) is 5.32 Å². The smallest absolute Gasteiger partial charge is 0.230 e. The zero-order chi connectivity index (χ0) is 17.3. The summed E-state index contributed by atoms with van der Waals surface area (Å²) >= 11 is 6.27. The van der Waals surface area contributed by atoms with Gasteiger partial charge in [-0.1, -0.05) is 48.4 Å². The zero-order valence-corrected chi connectivity index (χ0v) is 14.6. The van der Waals surface area contributed by atoms with Crippen LogP contribution in [-0.2, 0) is 16.8 Å². The second-order valence-corrected chi connectivity index (χ2v) is 6.99. The van der Waals surface area contributed by atoms with Crippen LogP contribution in [0, 0.1) is 0 Å². The minimum Gasteiger partial charge on any atom is -0.486 e. The van der Waals surface area contributed by atoms with E-state index in [4.69, 9.17) is 21.1 Å². The van der Waals surface area contributed by atoms with Gasteiger partial charge in [0.25, 0.3) is 0 Å². The van der Waals surface area contributed by atoms with Crippen LogP contribution in [0.5, 0.6) is 11.5 Å². The van der Waals surface area contributed by atoms with E-state index in [0.29, 0.717) is 36.3 Å². The Kier molecular flexibility index (Phi) is 4.30. The van der Waals surface area contributed by atoms with Gasteiger partial charge >= 0.3 is 0 Å². The van der Waals surface area contributed by atoms with E-state index < -0.39 is 5.41 Å². The molecule has 1 aliphatic carbocycles. The number of ether oxygens (including phenoxy) is 2. The number of fused-ring (bicyclic) bond motifs is 1. The van der Waals surface area contributed by atoms with E-state index in [0.717, 1.165) is 30.4 Å². The van der Waals surface area contributed by atoms with Crippen molar-refractivity contribution in [3.8, 4) is 11.5 Å². The van der Waals surface area contributed by atoms with Crippen molar-refractivity contribution in [1.29, 1.82) is 0 Å². The van der Waals surface area contributed by atoms with Gasteiger partial charge < -0.3 is 14.8 Å². The van der Waals surface area contributed by atoms with Crippen LogP contribution in [0.1, 0.15) is 30.4 Å². The summed E-state index contributed by atoms with van der Waals surface area (Å²) in [6.45, 7) is 1.43. The fourth-order valence-electron chi connectivity index (χ4n) is 3.55. The van der Waals surface area contributed by atoms with E-state index >= 15 is 0 Å². The molecule has 25 heavy (non-hydrogen) atoms. The van der Waals surface area contributed by atoms with Crippen LogP contribution in [0.2, 0.25) is 5.02 Å². The Morgan fingerprint density at radius 2 is 1.88 bits per heavy atom. The molecular formula is C20H20ClNO3. The highest BCUT2D eigenvalue weighted by molar-refractivity contribution is 6.32. The van der Waals surface area contributed by atoms with Crippen molar-refractivity contribution in [1.82, 2.24) is 5.32 Å². The number of carbonyl (C=O) groups is 1. The van der Waals surface area contributed by atoms with Gasteiger partial charge in [-0.05, 0) is 36.1 Å². The summed E-state index contributed by atoms with van der Waals surface area (Å²) in [5, 5.41) is 3.60. The molecule has 1 N–H and O–H groups in total. The molecule has 2 aromatic rings. The minimum absolute atomic E-state index is 0.0796. The molecule has 0 radical (unpaired) electrons.